The maximum absolute atomic E-state index is 11.4. The van der Waals surface area contributed by atoms with Gasteiger partial charge in [0, 0.05) is 6.04 Å². The van der Waals surface area contributed by atoms with Crippen LogP contribution in [0.4, 0.5) is 5.69 Å². The lowest BCUT2D eigenvalue weighted by molar-refractivity contribution is 0.126. The second-order valence-corrected chi connectivity index (χ2v) is 6.62. The van der Waals surface area contributed by atoms with Crippen LogP contribution >= 0.6 is 0 Å². The molecule has 20 heavy (non-hydrogen) atoms. The molecule has 112 valence electrons. The van der Waals surface area contributed by atoms with Crippen LogP contribution in [-0.2, 0) is 10.0 Å². The standard InChI is InChI=1S/C13H20N2O4S/c1-19-13-7-6-11(20(14,17)18)8-12(13)15-9-2-4-10(16)5-3-9/h6-10,15-16H,2-5H2,1H3,(H2,14,17,18). The third-order valence-corrected chi connectivity index (χ3v) is 4.47. The Bertz CT molecular complexity index is 566. The van der Waals surface area contributed by atoms with Crippen molar-refractivity contribution < 1.29 is 18.3 Å². The molecule has 1 aromatic rings. The Kier molecular flexibility index (Phi) is 4.52. The molecule has 1 aliphatic carbocycles. The van der Waals surface area contributed by atoms with E-state index < -0.39 is 10.0 Å². The highest BCUT2D eigenvalue weighted by Crippen LogP contribution is 2.30. The van der Waals surface area contributed by atoms with Gasteiger partial charge in [0.15, 0.2) is 0 Å². The summed E-state index contributed by atoms with van der Waals surface area (Å²) in [7, 11) is -2.21. The highest BCUT2D eigenvalue weighted by atomic mass is 32.2. The number of hydrogen-bond acceptors (Lipinski definition) is 5. The fourth-order valence-corrected chi connectivity index (χ4v) is 2.96. The number of nitrogens with one attached hydrogen (secondary N) is 1. The number of rotatable bonds is 4. The van der Waals surface area contributed by atoms with E-state index in [0.717, 1.165) is 25.7 Å². The van der Waals surface area contributed by atoms with Crippen LogP contribution in [0.3, 0.4) is 0 Å². The Morgan fingerprint density at radius 1 is 1.30 bits per heavy atom. The zero-order chi connectivity index (χ0) is 14.8. The number of hydrogen-bond donors (Lipinski definition) is 3. The number of primary sulfonamides is 1. The topological polar surface area (TPSA) is 102 Å². The van der Waals surface area contributed by atoms with Gasteiger partial charge in [0.1, 0.15) is 5.75 Å². The van der Waals surface area contributed by atoms with Crippen LogP contribution in [0.5, 0.6) is 5.75 Å². The fraction of sp³-hybridized carbons (Fsp3) is 0.538. The lowest BCUT2D eigenvalue weighted by Gasteiger charge is -2.27. The number of sulfonamides is 1. The van der Waals surface area contributed by atoms with E-state index in [1.54, 1.807) is 6.07 Å². The predicted octanol–water partition coefficient (Wildman–Crippen LogP) is 1.06. The molecule has 0 heterocycles. The zero-order valence-electron chi connectivity index (χ0n) is 11.4. The van der Waals surface area contributed by atoms with Crippen molar-refractivity contribution in [2.75, 3.05) is 12.4 Å². The summed E-state index contributed by atoms with van der Waals surface area (Å²) in [5, 5.41) is 17.9. The molecule has 0 unspecified atom stereocenters. The SMILES string of the molecule is COc1ccc(S(N)(=O)=O)cc1NC1CCC(O)CC1. The van der Waals surface area contributed by atoms with Gasteiger partial charge < -0.3 is 15.2 Å². The van der Waals surface area contributed by atoms with Gasteiger partial charge in [0.2, 0.25) is 10.0 Å². The Hall–Kier alpha value is -1.31. The first-order valence-corrected chi connectivity index (χ1v) is 8.10. The quantitative estimate of drug-likeness (QED) is 0.771. The van der Waals surface area contributed by atoms with Gasteiger partial charge in [0.25, 0.3) is 0 Å². The van der Waals surface area contributed by atoms with Crippen LogP contribution in [0, 0.1) is 0 Å². The second kappa shape index (κ2) is 5.99. The Labute approximate surface area is 119 Å². The maximum Gasteiger partial charge on any atom is 0.238 e. The first-order chi connectivity index (χ1) is 9.40. The van der Waals surface area contributed by atoms with Gasteiger partial charge >= 0.3 is 0 Å². The molecule has 0 aromatic heterocycles. The number of anilines is 1. The molecule has 0 aliphatic heterocycles. The minimum atomic E-state index is -3.74. The number of aliphatic hydroxyl groups is 1. The molecule has 0 saturated heterocycles. The van der Waals surface area contributed by atoms with Crippen LogP contribution in [0.1, 0.15) is 25.7 Å². The number of methoxy groups -OCH3 is 1. The summed E-state index contributed by atoms with van der Waals surface area (Å²) >= 11 is 0. The molecule has 6 nitrogen and oxygen atoms in total. The van der Waals surface area contributed by atoms with Crippen molar-refractivity contribution in [3.05, 3.63) is 18.2 Å². The summed E-state index contributed by atoms with van der Waals surface area (Å²) < 4.78 is 28.0. The summed E-state index contributed by atoms with van der Waals surface area (Å²) in [4.78, 5) is 0.0524. The summed E-state index contributed by atoms with van der Waals surface area (Å²) in [6.45, 7) is 0. The third kappa shape index (κ3) is 3.62. The van der Waals surface area contributed by atoms with Crippen molar-refractivity contribution >= 4 is 15.7 Å². The van der Waals surface area contributed by atoms with Gasteiger partial charge in [-0.05, 0) is 43.9 Å². The van der Waals surface area contributed by atoms with E-state index in [2.05, 4.69) is 5.32 Å². The normalized spacial score (nSPS) is 23.4. The van der Waals surface area contributed by atoms with Crippen LogP contribution in [-0.4, -0.2) is 32.8 Å². The van der Waals surface area contributed by atoms with Crippen molar-refractivity contribution in [3.8, 4) is 5.75 Å². The van der Waals surface area contributed by atoms with E-state index in [-0.39, 0.29) is 17.0 Å². The molecule has 1 fully saturated rings. The van der Waals surface area contributed by atoms with E-state index in [1.807, 2.05) is 0 Å². The van der Waals surface area contributed by atoms with Crippen molar-refractivity contribution in [3.63, 3.8) is 0 Å². The molecule has 0 atom stereocenters. The van der Waals surface area contributed by atoms with Gasteiger partial charge in [-0.2, -0.15) is 0 Å². The summed E-state index contributed by atoms with van der Waals surface area (Å²) in [5.74, 6) is 0.573. The average molecular weight is 300 g/mol. The second-order valence-electron chi connectivity index (χ2n) is 5.06. The van der Waals surface area contributed by atoms with Crippen LogP contribution < -0.4 is 15.2 Å². The fourth-order valence-electron chi connectivity index (χ4n) is 2.42. The largest absolute Gasteiger partial charge is 0.495 e. The smallest absolute Gasteiger partial charge is 0.238 e. The molecule has 2 rings (SSSR count). The number of aliphatic hydroxyl groups excluding tert-OH is 1. The predicted molar refractivity (Wildman–Crippen MR) is 76.3 cm³/mol. The molecule has 4 N–H and O–H groups in total. The summed E-state index contributed by atoms with van der Waals surface area (Å²) in [6, 6.07) is 4.69. The summed E-state index contributed by atoms with van der Waals surface area (Å²) in [5.41, 5.74) is 0.611. The highest BCUT2D eigenvalue weighted by molar-refractivity contribution is 7.89. The van der Waals surface area contributed by atoms with Gasteiger partial charge in [-0.25, -0.2) is 13.6 Å². The first kappa shape index (κ1) is 15.1. The average Bonchev–Trinajstić information content (AvgIpc) is 2.40. The number of nitrogens with two attached hydrogens (primary N) is 1. The van der Waals surface area contributed by atoms with Gasteiger partial charge in [-0.3, -0.25) is 0 Å². The number of benzene rings is 1. The van der Waals surface area contributed by atoms with Crippen LogP contribution in [0.15, 0.2) is 23.1 Å². The van der Waals surface area contributed by atoms with Gasteiger partial charge in [0.05, 0.1) is 23.8 Å². The molecular weight excluding hydrogens is 280 g/mol. The van der Waals surface area contributed by atoms with Gasteiger partial charge in [-0.1, -0.05) is 0 Å². The minimum Gasteiger partial charge on any atom is -0.495 e. The first-order valence-electron chi connectivity index (χ1n) is 6.55. The molecule has 0 amide bonds. The lowest BCUT2D eigenvalue weighted by Crippen LogP contribution is -2.28. The molecule has 1 saturated carbocycles. The van der Waals surface area contributed by atoms with Crippen molar-refractivity contribution in [1.29, 1.82) is 0 Å². The molecule has 0 radical (unpaired) electrons. The van der Waals surface area contributed by atoms with Crippen molar-refractivity contribution in [1.82, 2.24) is 0 Å². The monoisotopic (exact) mass is 300 g/mol. The third-order valence-electron chi connectivity index (χ3n) is 3.56. The molecule has 7 heteroatoms. The Balaban J connectivity index is 2.20. The Morgan fingerprint density at radius 3 is 2.50 bits per heavy atom. The van der Waals surface area contributed by atoms with Gasteiger partial charge in [-0.15, -0.1) is 0 Å². The lowest BCUT2D eigenvalue weighted by atomic mass is 9.93. The summed E-state index contributed by atoms with van der Waals surface area (Å²) in [6.07, 6.45) is 2.93. The zero-order valence-corrected chi connectivity index (χ0v) is 12.2. The van der Waals surface area contributed by atoms with E-state index >= 15 is 0 Å². The van der Waals surface area contributed by atoms with E-state index in [0.29, 0.717) is 11.4 Å². The van der Waals surface area contributed by atoms with E-state index in [1.165, 1.54) is 19.2 Å². The maximum atomic E-state index is 11.4. The van der Waals surface area contributed by atoms with E-state index in [9.17, 15) is 13.5 Å². The molecule has 1 aromatic carbocycles. The van der Waals surface area contributed by atoms with Crippen molar-refractivity contribution in [2.24, 2.45) is 5.14 Å². The molecule has 1 aliphatic rings. The van der Waals surface area contributed by atoms with E-state index in [4.69, 9.17) is 9.88 Å². The highest BCUT2D eigenvalue weighted by Gasteiger charge is 2.21. The van der Waals surface area contributed by atoms with Crippen LogP contribution in [0.25, 0.3) is 0 Å². The van der Waals surface area contributed by atoms with Crippen LogP contribution in [0.2, 0.25) is 0 Å². The molecule has 0 spiro atoms. The molecule has 0 bridgehead atoms. The molecular formula is C13H20N2O4S. The number of ether oxygens (including phenoxy) is 1. The minimum absolute atomic E-state index is 0.0524. The Morgan fingerprint density at radius 2 is 1.95 bits per heavy atom. The van der Waals surface area contributed by atoms with Crippen molar-refractivity contribution in [2.45, 2.75) is 42.7 Å².